The number of pyridine rings is 1. The summed E-state index contributed by atoms with van der Waals surface area (Å²) in [4.78, 5) is 18.6. The number of alkyl halides is 8. The number of carbonyl (C=O) groups is 1. The number of nitrogens with zero attached hydrogens (tertiary/aromatic N) is 5. The minimum atomic E-state index is -4.19. The van der Waals surface area contributed by atoms with Crippen molar-refractivity contribution in [3.8, 4) is 23.0 Å². The van der Waals surface area contributed by atoms with Crippen molar-refractivity contribution in [1.82, 2.24) is 29.9 Å². The Hall–Kier alpha value is -5.41. The number of sulfonamides is 1. The first-order chi connectivity index (χ1) is 30.6. The lowest BCUT2D eigenvalue weighted by atomic mass is 9.89. The number of hydrogen-bond donors (Lipinski definition) is 2. The van der Waals surface area contributed by atoms with Crippen molar-refractivity contribution in [2.45, 2.75) is 99.8 Å². The molecule has 2 aliphatic rings. The lowest BCUT2D eigenvalue weighted by molar-refractivity contribution is -0.123. The SMILES string of the molecule is CC(C)(C#Cc1ccc(-c2ccc(Cl)c3c(NS(C)(=O)=O)nn(CC(F)F)c23)c([C@H](Cc2cc(F)cc(F)c2)NC(=O)Cn2nc(C(F)F)c3c2C(F)(F)CCC3(F)F)n1)S(=O)(=O)C1CC1. The zero-order valence-corrected chi connectivity index (χ0v) is 36.9. The summed E-state index contributed by atoms with van der Waals surface area (Å²) in [6.07, 6.45) is -8.93. The Bertz CT molecular complexity index is 3040. The van der Waals surface area contributed by atoms with E-state index < -0.39 is 133 Å². The molecule has 2 aromatic carbocycles. The van der Waals surface area contributed by atoms with Gasteiger partial charge in [0.2, 0.25) is 15.9 Å². The molecule has 7 rings (SSSR count). The summed E-state index contributed by atoms with van der Waals surface area (Å²) < 4.78 is 199. The summed E-state index contributed by atoms with van der Waals surface area (Å²) in [7, 11) is -7.93. The van der Waals surface area contributed by atoms with E-state index in [4.69, 9.17) is 11.6 Å². The zero-order chi connectivity index (χ0) is 48.5. The second-order valence-electron chi connectivity index (χ2n) is 16.3. The molecule has 0 spiro atoms. The monoisotopic (exact) mass is 995 g/mol. The van der Waals surface area contributed by atoms with Crippen LogP contribution in [0.1, 0.15) is 85.9 Å². The van der Waals surface area contributed by atoms with Gasteiger partial charge >= 0.3 is 0 Å². The van der Waals surface area contributed by atoms with Gasteiger partial charge in [0.25, 0.3) is 24.7 Å². The quantitative estimate of drug-likeness (QED) is 0.0828. The van der Waals surface area contributed by atoms with Gasteiger partial charge in [0, 0.05) is 30.0 Å². The fourth-order valence-corrected chi connectivity index (χ4v) is 10.2. The van der Waals surface area contributed by atoms with Gasteiger partial charge < -0.3 is 5.32 Å². The number of benzene rings is 2. The first kappa shape index (κ1) is 48.5. The van der Waals surface area contributed by atoms with Gasteiger partial charge in [-0.1, -0.05) is 23.6 Å². The highest BCUT2D eigenvalue weighted by molar-refractivity contribution is 7.93. The number of fused-ring (bicyclic) bond motifs is 2. The van der Waals surface area contributed by atoms with Crippen molar-refractivity contribution in [2.24, 2.45) is 0 Å². The van der Waals surface area contributed by atoms with Crippen molar-refractivity contribution < 1.29 is 65.5 Å². The van der Waals surface area contributed by atoms with E-state index in [1.807, 2.05) is 0 Å². The first-order valence-electron chi connectivity index (χ1n) is 19.7. The third kappa shape index (κ3) is 9.83. The Morgan fingerprint density at radius 1 is 0.909 bits per heavy atom. The van der Waals surface area contributed by atoms with E-state index in [1.54, 1.807) is 0 Å². The summed E-state index contributed by atoms with van der Waals surface area (Å²) in [5, 5.41) is 8.74. The molecule has 1 atom stereocenters. The molecule has 25 heteroatoms. The summed E-state index contributed by atoms with van der Waals surface area (Å²) in [5.74, 6) is -7.05. The van der Waals surface area contributed by atoms with Gasteiger partial charge in [-0.05, 0) is 74.9 Å². The van der Waals surface area contributed by atoms with Crippen LogP contribution in [0.15, 0.2) is 42.5 Å². The van der Waals surface area contributed by atoms with Crippen LogP contribution in [-0.4, -0.2) is 70.0 Å². The Balaban J connectivity index is 1.45. The van der Waals surface area contributed by atoms with Crippen LogP contribution in [-0.2, 0) is 56.0 Å². The molecule has 1 amide bonds. The van der Waals surface area contributed by atoms with E-state index in [-0.39, 0.29) is 48.7 Å². The van der Waals surface area contributed by atoms with E-state index >= 15 is 17.6 Å². The molecule has 5 aromatic rings. The fraction of sp³-hybridized carbons (Fsp3) is 0.415. The topological polar surface area (TPSA) is 158 Å². The molecule has 2 aliphatic carbocycles. The highest BCUT2D eigenvalue weighted by Gasteiger charge is 2.55. The van der Waals surface area contributed by atoms with E-state index in [2.05, 4.69) is 37.1 Å². The van der Waals surface area contributed by atoms with Gasteiger partial charge in [-0.2, -0.15) is 19.0 Å². The van der Waals surface area contributed by atoms with Gasteiger partial charge in [-0.25, -0.2) is 56.9 Å². The van der Waals surface area contributed by atoms with E-state index in [0.717, 1.165) is 23.1 Å². The predicted octanol–water partition coefficient (Wildman–Crippen LogP) is 8.59. The Kier molecular flexibility index (Phi) is 12.8. The second kappa shape index (κ2) is 17.3. The molecule has 3 heterocycles. The Morgan fingerprint density at radius 2 is 1.55 bits per heavy atom. The Morgan fingerprint density at radius 3 is 2.15 bits per heavy atom. The molecule has 0 saturated heterocycles. The normalized spacial score (nSPS) is 16.5. The molecule has 0 aliphatic heterocycles. The summed E-state index contributed by atoms with van der Waals surface area (Å²) >= 11 is 6.53. The van der Waals surface area contributed by atoms with Crippen LogP contribution in [0.5, 0.6) is 0 Å². The van der Waals surface area contributed by atoms with Crippen LogP contribution < -0.4 is 10.0 Å². The van der Waals surface area contributed by atoms with Crippen molar-refractivity contribution in [3.63, 3.8) is 0 Å². The molecular formula is C41H36ClF10N7O5S2. The third-order valence-electron chi connectivity index (χ3n) is 10.8. The number of nitrogens with one attached hydrogen (secondary N) is 2. The van der Waals surface area contributed by atoms with Crippen molar-refractivity contribution in [3.05, 3.63) is 93.0 Å². The van der Waals surface area contributed by atoms with Crippen LogP contribution in [0.3, 0.4) is 0 Å². The van der Waals surface area contributed by atoms with Gasteiger partial charge in [0.05, 0.1) is 44.7 Å². The van der Waals surface area contributed by atoms with Crippen molar-refractivity contribution >= 4 is 54.1 Å². The summed E-state index contributed by atoms with van der Waals surface area (Å²) in [6, 6.07) is 5.57. The summed E-state index contributed by atoms with van der Waals surface area (Å²) in [5.41, 5.74) is -6.23. The van der Waals surface area contributed by atoms with Gasteiger partial charge in [-0.15, -0.1) is 0 Å². The maximum Gasteiger partial charge on any atom is 0.290 e. The molecule has 1 saturated carbocycles. The number of sulfone groups is 1. The molecule has 3 aromatic heterocycles. The first-order valence-corrected chi connectivity index (χ1v) is 23.5. The fourth-order valence-electron chi connectivity index (χ4n) is 7.72. The number of amides is 1. The largest absolute Gasteiger partial charge is 0.346 e. The van der Waals surface area contributed by atoms with Crippen LogP contribution in [0.2, 0.25) is 5.02 Å². The van der Waals surface area contributed by atoms with Crippen LogP contribution >= 0.6 is 11.6 Å². The molecule has 66 heavy (non-hydrogen) atoms. The van der Waals surface area contributed by atoms with Gasteiger partial charge in [-0.3, -0.25) is 18.9 Å². The van der Waals surface area contributed by atoms with E-state index in [0.29, 0.717) is 18.9 Å². The third-order valence-corrected chi connectivity index (χ3v) is 14.5. The van der Waals surface area contributed by atoms with Crippen LogP contribution in [0, 0.1) is 23.5 Å². The molecular weight excluding hydrogens is 960 g/mol. The number of carbonyl (C=O) groups excluding carboxylic acids is 1. The number of aromatic nitrogens is 5. The number of halogens is 11. The zero-order valence-electron chi connectivity index (χ0n) is 34.6. The number of anilines is 1. The highest BCUT2D eigenvalue weighted by atomic mass is 35.5. The standard InChI is InChI=1S/C41H36ClF10N7O5S2/c1-39(2,66(63,64)24-5-6-24)11-10-23-4-7-25(26-8-9-27(42)31-35(26)58(18-29(45)46)56-38(31)57-65(3,61)62)33(53-23)28(16-20-14-21(43)17-22(44)15-20)54-30(60)19-59-36-32(34(55-59)37(47)48)40(49,50)12-13-41(36,51)52/h4,7-9,14-15,17,24,28-29,37H,5-6,12-13,16,18-19H2,1-3H3,(H,54,60)(H,56,57)/t28-/m0/s1. The Labute approximate surface area is 375 Å². The molecule has 1 fully saturated rings. The second-order valence-corrected chi connectivity index (χ2v) is 21.3. The molecule has 354 valence electrons. The molecule has 2 N–H and O–H groups in total. The van der Waals surface area contributed by atoms with Crippen molar-refractivity contribution in [1.29, 1.82) is 0 Å². The maximum atomic E-state index is 15.3. The number of hydrogen-bond acceptors (Lipinski definition) is 8. The lowest BCUT2D eigenvalue weighted by Gasteiger charge is -2.29. The van der Waals surface area contributed by atoms with E-state index in [9.17, 15) is 48.0 Å². The minimum Gasteiger partial charge on any atom is -0.346 e. The smallest absolute Gasteiger partial charge is 0.290 e. The van der Waals surface area contributed by atoms with Gasteiger partial charge in [0.15, 0.2) is 15.7 Å². The summed E-state index contributed by atoms with van der Waals surface area (Å²) in [6.45, 7) is 0.166. The van der Waals surface area contributed by atoms with E-state index in [1.165, 1.54) is 38.1 Å². The average molecular weight is 996 g/mol. The molecule has 0 unspecified atom stereocenters. The molecule has 0 bridgehead atoms. The molecule has 0 radical (unpaired) electrons. The van der Waals surface area contributed by atoms with Crippen LogP contribution in [0.4, 0.5) is 49.7 Å². The lowest BCUT2D eigenvalue weighted by Crippen LogP contribution is -2.37. The minimum absolute atomic E-state index is 0.0126. The number of rotatable bonds is 14. The predicted molar refractivity (Wildman–Crippen MR) is 220 cm³/mol. The average Bonchev–Trinajstić information content (AvgIpc) is 3.90. The maximum absolute atomic E-state index is 15.3. The van der Waals surface area contributed by atoms with Crippen LogP contribution in [0.25, 0.3) is 22.0 Å². The van der Waals surface area contributed by atoms with Gasteiger partial charge in [0.1, 0.15) is 46.6 Å². The molecule has 12 nitrogen and oxygen atoms in total. The highest BCUT2D eigenvalue weighted by Crippen LogP contribution is 2.52. The van der Waals surface area contributed by atoms with Crippen molar-refractivity contribution in [2.75, 3.05) is 11.0 Å².